The Kier molecular flexibility index (Phi) is 6.20. The normalized spacial score (nSPS) is 11.2. The van der Waals surface area contributed by atoms with Gasteiger partial charge >= 0.3 is 0 Å². The molecule has 0 aromatic carbocycles. The zero-order chi connectivity index (χ0) is 15.3. The van der Waals surface area contributed by atoms with Crippen molar-refractivity contribution in [2.24, 2.45) is 0 Å². The molecule has 0 spiro atoms. The first-order valence-corrected chi connectivity index (χ1v) is 7.24. The van der Waals surface area contributed by atoms with Crippen LogP contribution in [0, 0.1) is 6.92 Å². The largest absolute Gasteiger partial charge is 0.383 e. The summed E-state index contributed by atoms with van der Waals surface area (Å²) in [6.45, 7) is 12.1. The molecule has 0 amide bonds. The predicted octanol–water partition coefficient (Wildman–Crippen LogP) is 2.81. The van der Waals surface area contributed by atoms with Crippen LogP contribution in [0.25, 0.3) is 0 Å². The van der Waals surface area contributed by atoms with Crippen molar-refractivity contribution in [3.63, 3.8) is 0 Å². The molecule has 5 nitrogen and oxygen atoms in total. The highest BCUT2D eigenvalue weighted by atomic mass is 16.5. The maximum absolute atomic E-state index is 5.22. The van der Waals surface area contributed by atoms with Crippen LogP contribution in [0.4, 0.5) is 11.6 Å². The molecule has 1 aromatic heterocycles. The lowest BCUT2D eigenvalue weighted by Crippen LogP contribution is -2.35. The zero-order valence-electron chi connectivity index (χ0n) is 13.8. The molecule has 0 aliphatic carbocycles. The molecule has 0 aliphatic heterocycles. The van der Waals surface area contributed by atoms with Crippen molar-refractivity contribution >= 4 is 11.6 Å². The van der Waals surface area contributed by atoms with Gasteiger partial charge in [0.15, 0.2) is 0 Å². The Morgan fingerprint density at radius 3 is 2.30 bits per heavy atom. The number of rotatable bonds is 7. The number of hydrogen-bond acceptors (Lipinski definition) is 5. The lowest BCUT2D eigenvalue weighted by atomic mass is 10.2. The highest BCUT2D eigenvalue weighted by molar-refractivity contribution is 5.59. The van der Waals surface area contributed by atoms with E-state index in [1.807, 2.05) is 7.05 Å². The lowest BCUT2D eigenvalue weighted by Gasteiger charge is -2.30. The van der Waals surface area contributed by atoms with Crippen molar-refractivity contribution in [1.82, 2.24) is 9.97 Å². The molecule has 1 rings (SSSR count). The third-order valence-corrected chi connectivity index (χ3v) is 3.32. The molecule has 0 saturated carbocycles. The number of anilines is 2. The topological polar surface area (TPSA) is 50.3 Å². The van der Waals surface area contributed by atoms with Crippen molar-refractivity contribution in [2.75, 3.05) is 37.5 Å². The van der Waals surface area contributed by atoms with Crippen molar-refractivity contribution in [1.29, 1.82) is 0 Å². The summed E-state index contributed by atoms with van der Waals surface area (Å²) in [6.07, 6.45) is 0. The second-order valence-electron chi connectivity index (χ2n) is 5.56. The average Bonchev–Trinajstić information content (AvgIpc) is 2.40. The molecule has 20 heavy (non-hydrogen) atoms. The highest BCUT2D eigenvalue weighted by Crippen LogP contribution is 2.27. The van der Waals surface area contributed by atoms with Crippen molar-refractivity contribution in [3.05, 3.63) is 11.4 Å². The number of hydrogen-bond donors (Lipinski definition) is 1. The fraction of sp³-hybridized carbons (Fsp3) is 0.733. The van der Waals surface area contributed by atoms with Crippen LogP contribution < -0.4 is 10.2 Å². The van der Waals surface area contributed by atoms with E-state index in [9.17, 15) is 0 Å². The maximum atomic E-state index is 5.22. The van der Waals surface area contributed by atoms with Crippen molar-refractivity contribution in [3.8, 4) is 0 Å². The third-order valence-electron chi connectivity index (χ3n) is 3.32. The van der Waals surface area contributed by atoms with E-state index in [-0.39, 0.29) is 0 Å². The Bertz CT molecular complexity index is 432. The summed E-state index contributed by atoms with van der Waals surface area (Å²) in [7, 11) is 3.63. The summed E-state index contributed by atoms with van der Waals surface area (Å²) in [5.41, 5.74) is 1.08. The summed E-state index contributed by atoms with van der Waals surface area (Å²) >= 11 is 0. The van der Waals surface area contributed by atoms with E-state index in [0.29, 0.717) is 18.6 Å². The van der Waals surface area contributed by atoms with Crippen LogP contribution in [-0.2, 0) is 4.74 Å². The second kappa shape index (κ2) is 7.43. The lowest BCUT2D eigenvalue weighted by molar-refractivity contribution is 0.203. The van der Waals surface area contributed by atoms with Gasteiger partial charge in [0.05, 0.1) is 6.61 Å². The number of nitrogens with one attached hydrogen (secondary N) is 1. The van der Waals surface area contributed by atoms with Gasteiger partial charge < -0.3 is 15.0 Å². The van der Waals surface area contributed by atoms with Crippen LogP contribution in [0.15, 0.2) is 0 Å². The van der Waals surface area contributed by atoms with Crippen LogP contribution in [0.3, 0.4) is 0 Å². The van der Waals surface area contributed by atoms with E-state index in [0.717, 1.165) is 29.6 Å². The van der Waals surface area contributed by atoms with Crippen molar-refractivity contribution in [2.45, 2.75) is 46.6 Å². The van der Waals surface area contributed by atoms with Gasteiger partial charge in [-0.1, -0.05) is 13.8 Å². The van der Waals surface area contributed by atoms with E-state index in [1.54, 1.807) is 7.11 Å². The molecule has 1 N–H and O–H groups in total. The molecular weight excluding hydrogens is 252 g/mol. The summed E-state index contributed by atoms with van der Waals surface area (Å²) in [4.78, 5) is 11.6. The number of methoxy groups -OCH3 is 1. The van der Waals surface area contributed by atoms with Gasteiger partial charge in [0, 0.05) is 38.2 Å². The van der Waals surface area contributed by atoms with Gasteiger partial charge in [0.25, 0.3) is 0 Å². The Morgan fingerprint density at radius 1 is 1.20 bits per heavy atom. The number of nitrogens with zero attached hydrogens (tertiary/aromatic N) is 3. The molecule has 0 atom stereocenters. The molecule has 1 heterocycles. The van der Waals surface area contributed by atoms with Crippen LogP contribution in [0.1, 0.15) is 45.0 Å². The first-order valence-electron chi connectivity index (χ1n) is 7.24. The molecule has 1 aromatic rings. The monoisotopic (exact) mass is 280 g/mol. The predicted molar refractivity (Wildman–Crippen MR) is 84.8 cm³/mol. The van der Waals surface area contributed by atoms with E-state index in [1.165, 1.54) is 0 Å². The molecule has 5 heteroatoms. The molecule has 0 bridgehead atoms. The van der Waals surface area contributed by atoms with Gasteiger partial charge in [0.2, 0.25) is 0 Å². The highest BCUT2D eigenvalue weighted by Gasteiger charge is 2.19. The summed E-state index contributed by atoms with van der Waals surface area (Å²) < 4.78 is 5.22. The third kappa shape index (κ3) is 3.82. The van der Waals surface area contributed by atoms with Gasteiger partial charge in [-0.25, -0.2) is 9.97 Å². The summed E-state index contributed by atoms with van der Waals surface area (Å²) in [5, 5.41) is 3.17. The van der Waals surface area contributed by atoms with Crippen LogP contribution in [0.5, 0.6) is 0 Å². The van der Waals surface area contributed by atoms with Gasteiger partial charge in [-0.05, 0) is 20.8 Å². The molecule has 0 unspecified atom stereocenters. The fourth-order valence-corrected chi connectivity index (χ4v) is 2.10. The Hall–Kier alpha value is -1.36. The molecule has 0 radical (unpaired) electrons. The minimum atomic E-state index is 0.304. The smallest absolute Gasteiger partial charge is 0.137 e. The minimum absolute atomic E-state index is 0.304. The molecule has 0 saturated heterocycles. The van der Waals surface area contributed by atoms with Crippen LogP contribution in [-0.4, -0.2) is 43.3 Å². The molecule has 0 aliphatic rings. The SMILES string of the molecule is CNc1nc(C(C)C)nc(N(CCOC)C(C)C)c1C. The molecule has 0 fully saturated rings. The Labute approximate surface area is 122 Å². The van der Waals surface area contributed by atoms with E-state index in [2.05, 4.69) is 49.8 Å². The average molecular weight is 280 g/mol. The zero-order valence-corrected chi connectivity index (χ0v) is 13.8. The van der Waals surface area contributed by atoms with E-state index in [4.69, 9.17) is 9.72 Å². The van der Waals surface area contributed by atoms with Crippen LogP contribution in [0.2, 0.25) is 0 Å². The standard InChI is InChI=1S/C15H28N4O/c1-10(2)13-17-14(16-6)12(5)15(18-13)19(11(3)4)8-9-20-7/h10-11H,8-9H2,1-7H3,(H,16,17,18). The van der Waals surface area contributed by atoms with Crippen molar-refractivity contribution < 1.29 is 4.74 Å². The maximum Gasteiger partial charge on any atom is 0.137 e. The second-order valence-corrected chi connectivity index (χ2v) is 5.56. The minimum Gasteiger partial charge on any atom is -0.383 e. The number of ether oxygens (including phenoxy) is 1. The summed E-state index contributed by atoms with van der Waals surface area (Å²) in [6, 6.07) is 0.364. The fourth-order valence-electron chi connectivity index (χ4n) is 2.10. The Balaban J connectivity index is 3.27. The first kappa shape index (κ1) is 16.7. The summed E-state index contributed by atoms with van der Waals surface area (Å²) in [5.74, 6) is 3.08. The van der Waals surface area contributed by atoms with Crippen LogP contribution >= 0.6 is 0 Å². The number of aromatic nitrogens is 2. The Morgan fingerprint density at radius 2 is 1.85 bits per heavy atom. The van der Waals surface area contributed by atoms with Gasteiger partial charge in [-0.3, -0.25) is 0 Å². The van der Waals surface area contributed by atoms with Gasteiger partial charge in [-0.15, -0.1) is 0 Å². The van der Waals surface area contributed by atoms with Gasteiger partial charge in [0.1, 0.15) is 17.5 Å². The van der Waals surface area contributed by atoms with Gasteiger partial charge in [-0.2, -0.15) is 0 Å². The first-order chi connectivity index (χ1) is 9.42. The van der Waals surface area contributed by atoms with E-state index >= 15 is 0 Å². The van der Waals surface area contributed by atoms with E-state index < -0.39 is 0 Å². The molecular formula is C15H28N4O. The quantitative estimate of drug-likeness (QED) is 0.832. The molecule has 114 valence electrons.